The Morgan fingerprint density at radius 2 is 1.95 bits per heavy atom. The van der Waals surface area contributed by atoms with Crippen LogP contribution in [0, 0.1) is 0 Å². The molecule has 0 unspecified atom stereocenters. The van der Waals surface area contributed by atoms with Gasteiger partial charge in [-0.2, -0.15) is 0 Å². The van der Waals surface area contributed by atoms with Crippen LogP contribution < -0.4 is 14.2 Å². The van der Waals surface area contributed by atoms with E-state index in [2.05, 4.69) is 44.8 Å². The number of aromatic nitrogens is 2. The minimum atomic E-state index is 0.898. The van der Waals surface area contributed by atoms with Gasteiger partial charge in [-0.15, -0.1) is 4.98 Å². The predicted octanol–water partition coefficient (Wildman–Crippen LogP) is 2.55. The summed E-state index contributed by atoms with van der Waals surface area (Å²) >= 11 is 0. The topological polar surface area (TPSA) is 29.2 Å². The van der Waals surface area contributed by atoms with E-state index in [0.29, 0.717) is 0 Å². The quantitative estimate of drug-likeness (QED) is 0.695. The molecule has 110 valence electrons. The number of rotatable bonds is 3. The van der Waals surface area contributed by atoms with Crippen molar-refractivity contribution >= 4 is 16.7 Å². The first-order valence-corrected chi connectivity index (χ1v) is 7.50. The molecular formula is C18H18N3O+. The number of para-hydroxylation sites is 1. The number of hydrogen-bond acceptors (Lipinski definition) is 3. The van der Waals surface area contributed by atoms with Gasteiger partial charge in [0.05, 0.1) is 25.6 Å². The lowest BCUT2D eigenvalue weighted by atomic mass is 10.2. The molecule has 0 bridgehead atoms. The summed E-state index contributed by atoms with van der Waals surface area (Å²) in [5.41, 5.74) is 2.34. The van der Waals surface area contributed by atoms with Crippen molar-refractivity contribution in [1.82, 2.24) is 4.98 Å². The molecule has 0 atom stereocenters. The first-order chi connectivity index (χ1) is 10.8. The average Bonchev–Trinajstić information content (AvgIpc) is 2.99. The molecule has 0 fully saturated rings. The lowest BCUT2D eigenvalue weighted by Crippen LogP contribution is -2.31. The zero-order valence-electron chi connectivity index (χ0n) is 12.6. The van der Waals surface area contributed by atoms with Crippen LogP contribution in [0.1, 0.15) is 5.56 Å². The molecule has 0 amide bonds. The average molecular weight is 292 g/mol. The lowest BCUT2D eigenvalue weighted by Gasteiger charge is -2.14. The molecule has 0 saturated carbocycles. The SMILES string of the molecule is COc1ccc(CN2CC[n+]3cnc4ccccc4c32)cc1. The summed E-state index contributed by atoms with van der Waals surface area (Å²) in [5, 5.41) is 1.22. The second kappa shape index (κ2) is 5.30. The van der Waals surface area contributed by atoms with E-state index >= 15 is 0 Å². The Labute approximate surface area is 129 Å². The number of methoxy groups -OCH3 is 1. The highest BCUT2D eigenvalue weighted by atomic mass is 16.5. The summed E-state index contributed by atoms with van der Waals surface area (Å²) in [6.45, 7) is 2.91. The van der Waals surface area contributed by atoms with Crippen LogP contribution in [0.25, 0.3) is 10.9 Å². The van der Waals surface area contributed by atoms with E-state index in [1.807, 2.05) is 24.5 Å². The van der Waals surface area contributed by atoms with E-state index < -0.39 is 0 Å². The largest absolute Gasteiger partial charge is 0.497 e. The Kier molecular flexibility index (Phi) is 3.15. The van der Waals surface area contributed by atoms with Crippen molar-refractivity contribution in [2.24, 2.45) is 0 Å². The maximum absolute atomic E-state index is 5.23. The molecular weight excluding hydrogens is 274 g/mol. The van der Waals surface area contributed by atoms with Gasteiger partial charge >= 0.3 is 0 Å². The van der Waals surface area contributed by atoms with E-state index in [1.54, 1.807) is 7.11 Å². The molecule has 1 aliphatic rings. The zero-order chi connectivity index (χ0) is 14.9. The van der Waals surface area contributed by atoms with E-state index in [4.69, 9.17) is 4.74 Å². The van der Waals surface area contributed by atoms with E-state index in [9.17, 15) is 0 Å². The van der Waals surface area contributed by atoms with Crippen molar-refractivity contribution in [1.29, 1.82) is 0 Å². The third-order valence-corrected chi connectivity index (χ3v) is 4.20. The molecule has 2 aromatic carbocycles. The number of hydrogen-bond donors (Lipinski definition) is 0. The third kappa shape index (κ3) is 2.17. The molecule has 22 heavy (non-hydrogen) atoms. The Morgan fingerprint density at radius 3 is 2.77 bits per heavy atom. The summed E-state index contributed by atoms with van der Waals surface area (Å²) in [5.74, 6) is 2.16. The molecule has 1 aromatic heterocycles. The van der Waals surface area contributed by atoms with Gasteiger partial charge in [0.2, 0.25) is 12.1 Å². The van der Waals surface area contributed by atoms with Crippen molar-refractivity contribution < 1.29 is 9.30 Å². The smallest absolute Gasteiger partial charge is 0.235 e. The molecule has 1 aliphatic heterocycles. The fraction of sp³-hybridized carbons (Fsp3) is 0.222. The van der Waals surface area contributed by atoms with Crippen LogP contribution in [0.15, 0.2) is 54.9 Å². The van der Waals surface area contributed by atoms with Gasteiger partial charge in [-0.1, -0.05) is 24.3 Å². The van der Waals surface area contributed by atoms with Gasteiger partial charge in [0, 0.05) is 0 Å². The fourth-order valence-electron chi connectivity index (χ4n) is 3.07. The molecule has 2 heterocycles. The minimum Gasteiger partial charge on any atom is -0.497 e. The van der Waals surface area contributed by atoms with Crippen LogP contribution in [0.4, 0.5) is 5.82 Å². The van der Waals surface area contributed by atoms with E-state index in [0.717, 1.165) is 30.9 Å². The first-order valence-electron chi connectivity index (χ1n) is 7.50. The summed E-state index contributed by atoms with van der Waals surface area (Å²) in [6.07, 6.45) is 1.95. The van der Waals surface area contributed by atoms with Crippen LogP contribution in [-0.2, 0) is 13.1 Å². The summed E-state index contributed by atoms with van der Waals surface area (Å²) in [4.78, 5) is 6.96. The predicted molar refractivity (Wildman–Crippen MR) is 86.0 cm³/mol. The Hall–Kier alpha value is -2.62. The second-order valence-electron chi connectivity index (χ2n) is 5.55. The van der Waals surface area contributed by atoms with Gasteiger partial charge < -0.3 is 4.74 Å². The third-order valence-electron chi connectivity index (χ3n) is 4.20. The van der Waals surface area contributed by atoms with Crippen molar-refractivity contribution in [3.8, 4) is 5.75 Å². The maximum Gasteiger partial charge on any atom is 0.235 e. The van der Waals surface area contributed by atoms with Gasteiger partial charge in [0.25, 0.3) is 0 Å². The Morgan fingerprint density at radius 1 is 1.14 bits per heavy atom. The summed E-state index contributed by atoms with van der Waals surface area (Å²) in [7, 11) is 1.70. The maximum atomic E-state index is 5.23. The highest BCUT2D eigenvalue weighted by Crippen LogP contribution is 2.26. The molecule has 3 aromatic rings. The van der Waals surface area contributed by atoms with Crippen LogP contribution >= 0.6 is 0 Å². The van der Waals surface area contributed by atoms with E-state index in [1.165, 1.54) is 16.8 Å². The molecule has 0 spiro atoms. The van der Waals surface area contributed by atoms with Crippen LogP contribution in [-0.4, -0.2) is 18.6 Å². The van der Waals surface area contributed by atoms with Crippen molar-refractivity contribution in [2.75, 3.05) is 18.6 Å². The molecule has 4 heteroatoms. The van der Waals surface area contributed by atoms with Crippen molar-refractivity contribution in [3.05, 3.63) is 60.4 Å². The highest BCUT2D eigenvalue weighted by molar-refractivity contribution is 5.87. The number of ether oxygens (including phenoxy) is 1. The standard InChI is InChI=1S/C18H18N3O/c1-22-15-8-6-14(7-9-15)12-20-10-11-21-13-19-17-5-3-2-4-16(17)18(20)21/h2-9,13H,10-12H2,1H3/q+1. The fourth-order valence-corrected chi connectivity index (χ4v) is 3.07. The minimum absolute atomic E-state index is 0.898. The van der Waals surface area contributed by atoms with Gasteiger partial charge in [-0.25, -0.2) is 4.57 Å². The van der Waals surface area contributed by atoms with E-state index in [-0.39, 0.29) is 0 Å². The number of anilines is 1. The Bertz CT molecular complexity index is 814. The first kappa shape index (κ1) is 13.1. The second-order valence-corrected chi connectivity index (χ2v) is 5.55. The monoisotopic (exact) mass is 292 g/mol. The van der Waals surface area contributed by atoms with Crippen molar-refractivity contribution in [3.63, 3.8) is 0 Å². The van der Waals surface area contributed by atoms with Crippen molar-refractivity contribution in [2.45, 2.75) is 13.1 Å². The normalized spacial score (nSPS) is 13.4. The summed E-state index contributed by atoms with van der Waals surface area (Å²) < 4.78 is 7.47. The molecule has 4 rings (SSSR count). The number of fused-ring (bicyclic) bond motifs is 3. The van der Waals surface area contributed by atoms with Gasteiger partial charge in [0.1, 0.15) is 12.3 Å². The Balaban J connectivity index is 1.70. The van der Waals surface area contributed by atoms with Gasteiger partial charge in [-0.05, 0) is 29.8 Å². The molecule has 4 nitrogen and oxygen atoms in total. The number of benzene rings is 2. The molecule has 0 saturated heterocycles. The molecule has 0 radical (unpaired) electrons. The van der Waals surface area contributed by atoms with Crippen LogP contribution in [0.2, 0.25) is 0 Å². The van der Waals surface area contributed by atoms with Crippen LogP contribution in [0.5, 0.6) is 5.75 Å². The lowest BCUT2D eigenvalue weighted by molar-refractivity contribution is -0.672. The zero-order valence-corrected chi connectivity index (χ0v) is 12.6. The summed E-state index contributed by atoms with van der Waals surface area (Å²) in [6, 6.07) is 16.6. The van der Waals surface area contributed by atoms with Gasteiger partial charge in [-0.3, -0.25) is 4.90 Å². The highest BCUT2D eigenvalue weighted by Gasteiger charge is 2.28. The number of nitrogens with zero attached hydrogens (tertiary/aromatic N) is 3. The van der Waals surface area contributed by atoms with Gasteiger partial charge in [0.15, 0.2) is 5.52 Å². The molecule has 0 aliphatic carbocycles. The molecule has 0 N–H and O–H groups in total. The van der Waals surface area contributed by atoms with Crippen LogP contribution in [0.3, 0.4) is 0 Å².